The Labute approximate surface area is 161 Å². The van der Waals surface area contributed by atoms with Crippen LogP contribution < -0.4 is 4.74 Å². The minimum atomic E-state index is 0.843. The molecule has 28 heavy (non-hydrogen) atoms. The van der Waals surface area contributed by atoms with Crippen LogP contribution in [0.2, 0.25) is 0 Å². The lowest BCUT2D eigenvalue weighted by Gasteiger charge is -2.09. The van der Waals surface area contributed by atoms with Gasteiger partial charge < -0.3 is 9.72 Å². The molecular formula is C24H19N3O. The van der Waals surface area contributed by atoms with Crippen LogP contribution in [0.1, 0.15) is 11.1 Å². The molecule has 0 saturated carbocycles. The SMILES string of the molecule is COc1ccc2c3[nH]c4ccccc4c3c3nc4cc(C)c(C)cc4n3c2c1. The Morgan fingerprint density at radius 1 is 0.893 bits per heavy atom. The van der Waals surface area contributed by atoms with Crippen molar-refractivity contribution in [3.63, 3.8) is 0 Å². The number of pyridine rings is 1. The summed E-state index contributed by atoms with van der Waals surface area (Å²) in [4.78, 5) is 8.70. The smallest absolute Gasteiger partial charge is 0.148 e. The quantitative estimate of drug-likeness (QED) is 0.394. The van der Waals surface area contributed by atoms with Gasteiger partial charge in [-0.3, -0.25) is 4.40 Å². The van der Waals surface area contributed by atoms with Crippen LogP contribution in [0.15, 0.2) is 54.6 Å². The van der Waals surface area contributed by atoms with Crippen molar-refractivity contribution < 1.29 is 4.74 Å². The van der Waals surface area contributed by atoms with Crippen LogP contribution in [0.5, 0.6) is 5.75 Å². The Hall–Kier alpha value is -3.53. The van der Waals surface area contributed by atoms with Crippen LogP contribution in [-0.2, 0) is 0 Å². The lowest BCUT2D eigenvalue weighted by atomic mass is 10.1. The van der Waals surface area contributed by atoms with Crippen LogP contribution in [0.3, 0.4) is 0 Å². The van der Waals surface area contributed by atoms with Crippen molar-refractivity contribution in [3.8, 4) is 5.75 Å². The molecule has 0 amide bonds. The first kappa shape index (κ1) is 15.5. The average Bonchev–Trinajstić information content (AvgIpc) is 3.26. The maximum Gasteiger partial charge on any atom is 0.148 e. The Kier molecular flexibility index (Phi) is 2.91. The van der Waals surface area contributed by atoms with E-state index in [0.717, 1.165) is 44.4 Å². The van der Waals surface area contributed by atoms with Gasteiger partial charge in [0, 0.05) is 22.4 Å². The first-order valence-electron chi connectivity index (χ1n) is 9.45. The van der Waals surface area contributed by atoms with Gasteiger partial charge in [-0.2, -0.15) is 0 Å². The summed E-state index contributed by atoms with van der Waals surface area (Å²) in [6, 6.07) is 19.1. The number of fused-ring (bicyclic) bond motifs is 10. The van der Waals surface area contributed by atoms with Crippen molar-refractivity contribution in [1.29, 1.82) is 0 Å². The first-order valence-corrected chi connectivity index (χ1v) is 9.45. The van der Waals surface area contributed by atoms with Gasteiger partial charge in [-0.1, -0.05) is 18.2 Å². The van der Waals surface area contributed by atoms with E-state index >= 15 is 0 Å². The summed E-state index contributed by atoms with van der Waals surface area (Å²) < 4.78 is 7.81. The number of nitrogens with one attached hydrogen (secondary N) is 1. The minimum Gasteiger partial charge on any atom is -0.497 e. The summed E-state index contributed by atoms with van der Waals surface area (Å²) >= 11 is 0. The third-order valence-electron chi connectivity index (χ3n) is 5.91. The molecule has 6 rings (SSSR count). The van der Waals surface area contributed by atoms with E-state index in [4.69, 9.17) is 9.72 Å². The summed E-state index contributed by atoms with van der Waals surface area (Å²) in [5.74, 6) is 0.843. The molecule has 0 saturated heterocycles. The fourth-order valence-electron chi connectivity index (χ4n) is 4.36. The third kappa shape index (κ3) is 1.87. The number of para-hydroxylation sites is 1. The van der Waals surface area contributed by atoms with Crippen LogP contribution in [0, 0.1) is 13.8 Å². The molecule has 0 fully saturated rings. The van der Waals surface area contributed by atoms with Crippen molar-refractivity contribution in [2.24, 2.45) is 0 Å². The van der Waals surface area contributed by atoms with Gasteiger partial charge in [-0.15, -0.1) is 0 Å². The molecule has 3 heterocycles. The highest BCUT2D eigenvalue weighted by atomic mass is 16.5. The number of aromatic amines is 1. The molecular weight excluding hydrogens is 346 g/mol. The Morgan fingerprint density at radius 3 is 2.57 bits per heavy atom. The van der Waals surface area contributed by atoms with Gasteiger partial charge in [0.25, 0.3) is 0 Å². The molecule has 1 N–H and O–H groups in total. The van der Waals surface area contributed by atoms with Crippen molar-refractivity contribution >= 4 is 49.4 Å². The second-order valence-corrected chi connectivity index (χ2v) is 7.50. The summed E-state index contributed by atoms with van der Waals surface area (Å²) in [5.41, 5.74) is 9.00. The average molecular weight is 365 g/mol. The standard InChI is InChI=1S/C24H19N3O/c1-13-10-19-21(11-14(13)2)27-20-12-15(28-3)8-9-17(20)23-22(24(27)26-19)16-6-4-5-7-18(16)25-23/h4-12,25H,1-3H3. The van der Waals surface area contributed by atoms with E-state index in [-0.39, 0.29) is 0 Å². The topological polar surface area (TPSA) is 42.3 Å². The molecule has 0 unspecified atom stereocenters. The highest BCUT2D eigenvalue weighted by Crippen LogP contribution is 2.37. The van der Waals surface area contributed by atoms with Gasteiger partial charge >= 0.3 is 0 Å². The van der Waals surface area contributed by atoms with Crippen molar-refractivity contribution in [3.05, 3.63) is 65.7 Å². The van der Waals surface area contributed by atoms with Crippen LogP contribution in [0.4, 0.5) is 0 Å². The number of aryl methyl sites for hydroxylation is 2. The normalized spacial score (nSPS) is 12.1. The van der Waals surface area contributed by atoms with E-state index in [9.17, 15) is 0 Å². The zero-order valence-corrected chi connectivity index (χ0v) is 16.0. The van der Waals surface area contributed by atoms with Crippen LogP contribution >= 0.6 is 0 Å². The van der Waals surface area contributed by atoms with E-state index in [1.54, 1.807) is 7.11 Å². The number of H-pyrrole nitrogens is 1. The van der Waals surface area contributed by atoms with Gasteiger partial charge in [0.05, 0.1) is 34.6 Å². The molecule has 0 bridgehead atoms. The molecule has 0 aliphatic heterocycles. The predicted octanol–water partition coefficient (Wildman–Crippen LogP) is 5.90. The molecule has 4 nitrogen and oxygen atoms in total. The number of aromatic nitrogens is 3. The van der Waals surface area contributed by atoms with Crippen molar-refractivity contribution in [1.82, 2.24) is 14.4 Å². The monoisotopic (exact) mass is 365 g/mol. The number of methoxy groups -OCH3 is 1. The molecule has 0 radical (unpaired) electrons. The second kappa shape index (κ2) is 5.26. The number of ether oxygens (including phenoxy) is 1. The summed E-state index contributed by atoms with van der Waals surface area (Å²) in [6.07, 6.45) is 0. The maximum atomic E-state index is 5.53. The van der Waals surface area contributed by atoms with Crippen LogP contribution in [-0.4, -0.2) is 21.5 Å². The molecule has 6 aromatic rings. The minimum absolute atomic E-state index is 0.843. The summed E-state index contributed by atoms with van der Waals surface area (Å²) in [6.45, 7) is 4.29. The molecule has 0 spiro atoms. The van der Waals surface area contributed by atoms with Gasteiger partial charge in [-0.05, 0) is 55.3 Å². The van der Waals surface area contributed by atoms with Gasteiger partial charge in [0.1, 0.15) is 11.4 Å². The largest absolute Gasteiger partial charge is 0.497 e. The molecule has 0 atom stereocenters. The number of rotatable bonds is 1. The highest BCUT2D eigenvalue weighted by molar-refractivity contribution is 6.23. The number of hydrogen-bond donors (Lipinski definition) is 1. The van der Waals surface area contributed by atoms with E-state index in [0.29, 0.717) is 0 Å². The number of benzene rings is 3. The fourth-order valence-corrected chi connectivity index (χ4v) is 4.36. The maximum absolute atomic E-state index is 5.53. The molecule has 0 aliphatic carbocycles. The molecule has 4 heteroatoms. The van der Waals surface area contributed by atoms with Gasteiger partial charge in [0.2, 0.25) is 0 Å². The van der Waals surface area contributed by atoms with Crippen molar-refractivity contribution in [2.45, 2.75) is 13.8 Å². The number of hydrogen-bond acceptors (Lipinski definition) is 2. The fraction of sp³-hybridized carbons (Fsp3) is 0.125. The van der Waals surface area contributed by atoms with Crippen molar-refractivity contribution in [2.75, 3.05) is 7.11 Å². The zero-order valence-electron chi connectivity index (χ0n) is 16.0. The summed E-state index contributed by atoms with van der Waals surface area (Å²) in [7, 11) is 1.71. The summed E-state index contributed by atoms with van der Waals surface area (Å²) in [5, 5.41) is 3.53. The number of imidazole rings is 1. The second-order valence-electron chi connectivity index (χ2n) is 7.50. The molecule has 0 aliphatic rings. The Bertz CT molecular complexity index is 1570. The molecule has 136 valence electrons. The van der Waals surface area contributed by atoms with E-state index < -0.39 is 0 Å². The van der Waals surface area contributed by atoms with E-state index in [2.05, 4.69) is 71.8 Å². The molecule has 3 aromatic heterocycles. The first-order chi connectivity index (χ1) is 13.7. The van der Waals surface area contributed by atoms with E-state index in [1.165, 1.54) is 21.9 Å². The third-order valence-corrected chi connectivity index (χ3v) is 5.91. The number of nitrogens with zero attached hydrogens (tertiary/aromatic N) is 2. The molecule has 3 aromatic carbocycles. The van der Waals surface area contributed by atoms with E-state index in [1.807, 2.05) is 6.07 Å². The van der Waals surface area contributed by atoms with Gasteiger partial charge in [0.15, 0.2) is 0 Å². The highest BCUT2D eigenvalue weighted by Gasteiger charge is 2.18. The lowest BCUT2D eigenvalue weighted by Crippen LogP contribution is -1.92. The van der Waals surface area contributed by atoms with Crippen LogP contribution in [0.25, 0.3) is 49.4 Å². The lowest BCUT2D eigenvalue weighted by molar-refractivity contribution is 0.415. The Morgan fingerprint density at radius 2 is 1.71 bits per heavy atom. The predicted molar refractivity (Wildman–Crippen MR) is 116 cm³/mol. The van der Waals surface area contributed by atoms with Gasteiger partial charge in [-0.25, -0.2) is 4.98 Å². The zero-order chi connectivity index (χ0) is 19.0. The Balaban J connectivity index is 1.99.